The van der Waals surface area contributed by atoms with Crippen molar-refractivity contribution < 1.29 is 14.2 Å². The number of hydrogen-bond donors (Lipinski definition) is 1. The Labute approximate surface area is 119 Å². The van der Waals surface area contributed by atoms with Crippen LogP contribution >= 0.6 is 0 Å². The Morgan fingerprint density at radius 2 is 1.95 bits per heavy atom. The smallest absolute Gasteiger partial charge is 0.170 e. The van der Waals surface area contributed by atoms with Crippen LogP contribution in [0, 0.1) is 17.7 Å². The maximum atomic E-state index is 14.5. The van der Waals surface area contributed by atoms with Crippen molar-refractivity contribution in [2.75, 3.05) is 27.2 Å². The van der Waals surface area contributed by atoms with Crippen molar-refractivity contribution in [2.24, 2.45) is 11.8 Å². The lowest BCUT2D eigenvalue weighted by Gasteiger charge is -2.54. The predicted octanol–water partition coefficient (Wildman–Crippen LogP) is 2.73. The third-order valence-electron chi connectivity index (χ3n) is 5.12. The summed E-state index contributed by atoms with van der Waals surface area (Å²) in [7, 11) is 3.80. The minimum Gasteiger partial charge on any atom is -0.505 e. The Kier molecular flexibility index (Phi) is 3.46. The van der Waals surface area contributed by atoms with E-state index < -0.39 is 11.4 Å². The molecule has 1 aliphatic heterocycles. The first-order chi connectivity index (χ1) is 9.59. The molecule has 0 amide bonds. The second-order valence-corrected chi connectivity index (χ2v) is 6.18. The summed E-state index contributed by atoms with van der Waals surface area (Å²) in [6.45, 7) is 1.83. The maximum absolute atomic E-state index is 14.5. The van der Waals surface area contributed by atoms with Crippen LogP contribution in [-0.4, -0.2) is 37.3 Å². The van der Waals surface area contributed by atoms with Crippen molar-refractivity contribution in [3.63, 3.8) is 0 Å². The van der Waals surface area contributed by atoms with Gasteiger partial charge in [0, 0.05) is 37.6 Å². The number of aromatic hydroxyl groups is 1. The molecule has 2 aliphatic rings. The summed E-state index contributed by atoms with van der Waals surface area (Å²) in [6.07, 6.45) is 3.27. The van der Waals surface area contributed by atoms with Gasteiger partial charge in [-0.25, -0.2) is 4.39 Å². The molecule has 1 heterocycles. The summed E-state index contributed by atoms with van der Waals surface area (Å²) in [5.74, 6) is -0.241. The lowest BCUT2D eigenvalue weighted by molar-refractivity contribution is -0.167. The van der Waals surface area contributed by atoms with Crippen LogP contribution in [0.4, 0.5) is 4.39 Å². The van der Waals surface area contributed by atoms with Crippen molar-refractivity contribution >= 4 is 0 Å². The number of benzene rings is 1. The van der Waals surface area contributed by atoms with E-state index in [1.54, 1.807) is 19.2 Å². The SMILES string of the molecule is CO[C@]1(c2cccc(O)c2F)[C@@H]2CCC[C@H]1CN(C)C2. The number of phenols is 1. The lowest BCUT2D eigenvalue weighted by atomic mass is 9.62. The highest BCUT2D eigenvalue weighted by Crippen LogP contribution is 2.52. The third-order valence-corrected chi connectivity index (χ3v) is 5.12. The van der Waals surface area contributed by atoms with Gasteiger partial charge in [0.15, 0.2) is 11.6 Å². The van der Waals surface area contributed by atoms with Gasteiger partial charge in [-0.05, 0) is 26.0 Å². The zero-order valence-corrected chi connectivity index (χ0v) is 12.1. The largest absolute Gasteiger partial charge is 0.505 e. The zero-order valence-electron chi connectivity index (χ0n) is 12.1. The van der Waals surface area contributed by atoms with Crippen LogP contribution in [0.3, 0.4) is 0 Å². The van der Waals surface area contributed by atoms with Gasteiger partial charge in [0.05, 0.1) is 0 Å². The predicted molar refractivity (Wildman–Crippen MR) is 75.1 cm³/mol. The minimum atomic E-state index is -0.590. The molecular weight excluding hydrogens is 257 g/mol. The number of rotatable bonds is 2. The lowest BCUT2D eigenvalue weighted by Crippen LogP contribution is -2.58. The molecular formula is C16H22FNO2. The molecule has 1 aliphatic carbocycles. The van der Waals surface area contributed by atoms with Gasteiger partial charge in [0.25, 0.3) is 0 Å². The Morgan fingerprint density at radius 1 is 1.30 bits per heavy atom. The van der Waals surface area contributed by atoms with Gasteiger partial charge >= 0.3 is 0 Å². The highest BCUT2D eigenvalue weighted by molar-refractivity contribution is 5.36. The van der Waals surface area contributed by atoms with Gasteiger partial charge in [-0.15, -0.1) is 0 Å². The summed E-state index contributed by atoms with van der Waals surface area (Å²) >= 11 is 0. The summed E-state index contributed by atoms with van der Waals surface area (Å²) in [4.78, 5) is 2.31. The van der Waals surface area contributed by atoms with Crippen LogP contribution in [0.25, 0.3) is 0 Å². The van der Waals surface area contributed by atoms with Crippen LogP contribution in [0.1, 0.15) is 24.8 Å². The molecule has 4 heteroatoms. The Hall–Kier alpha value is -1.13. The van der Waals surface area contributed by atoms with E-state index in [-0.39, 0.29) is 17.6 Å². The standard InChI is InChI=1S/C16H22FNO2/c1-18-9-11-5-3-6-12(10-18)16(11,20-2)13-7-4-8-14(19)15(13)17/h4,7-8,11-12,19H,3,5-6,9-10H2,1-2H3/t11-,12+,16-. The molecule has 1 saturated carbocycles. The average Bonchev–Trinajstić information content (AvgIpc) is 2.41. The quantitative estimate of drug-likeness (QED) is 0.903. The molecule has 20 heavy (non-hydrogen) atoms. The van der Waals surface area contributed by atoms with Crippen molar-refractivity contribution in [1.29, 1.82) is 0 Å². The molecule has 2 bridgehead atoms. The van der Waals surface area contributed by atoms with Gasteiger partial charge in [-0.1, -0.05) is 18.6 Å². The van der Waals surface area contributed by atoms with Gasteiger partial charge in [0.1, 0.15) is 5.60 Å². The first-order valence-electron chi connectivity index (χ1n) is 7.31. The fourth-order valence-electron chi connectivity index (χ4n) is 4.36. The van der Waals surface area contributed by atoms with Crippen LogP contribution in [0.5, 0.6) is 5.75 Å². The summed E-state index contributed by atoms with van der Waals surface area (Å²) < 4.78 is 20.4. The number of ether oxygens (including phenoxy) is 1. The third kappa shape index (κ3) is 1.85. The molecule has 3 rings (SSSR count). The zero-order chi connectivity index (χ0) is 14.3. The average molecular weight is 279 g/mol. The number of piperidine rings is 1. The molecule has 0 unspecified atom stereocenters. The fraction of sp³-hybridized carbons (Fsp3) is 0.625. The number of likely N-dealkylation sites (tertiary alicyclic amines) is 1. The van der Waals surface area contributed by atoms with Crippen LogP contribution < -0.4 is 0 Å². The number of phenolic OH excluding ortho intramolecular Hbond substituents is 1. The molecule has 1 aromatic rings. The van der Waals surface area contributed by atoms with Gasteiger partial charge in [-0.2, -0.15) is 0 Å². The second kappa shape index (κ2) is 5.01. The first kappa shape index (κ1) is 13.8. The van der Waals surface area contributed by atoms with E-state index in [0.29, 0.717) is 5.56 Å². The number of hydrogen-bond acceptors (Lipinski definition) is 3. The normalized spacial score (nSPS) is 34.1. The van der Waals surface area contributed by atoms with Crippen molar-refractivity contribution in [3.8, 4) is 5.75 Å². The van der Waals surface area contributed by atoms with E-state index in [1.807, 2.05) is 0 Å². The molecule has 0 spiro atoms. The van der Waals surface area contributed by atoms with Crippen molar-refractivity contribution in [1.82, 2.24) is 4.90 Å². The molecule has 2 fully saturated rings. The summed E-state index contributed by atoms with van der Waals surface area (Å²) in [5, 5.41) is 9.71. The topological polar surface area (TPSA) is 32.7 Å². The Bertz CT molecular complexity index is 491. The molecule has 3 atom stereocenters. The van der Waals surface area contributed by atoms with Crippen molar-refractivity contribution in [2.45, 2.75) is 24.9 Å². The van der Waals surface area contributed by atoms with Crippen LogP contribution in [-0.2, 0) is 10.3 Å². The molecule has 1 saturated heterocycles. The Morgan fingerprint density at radius 3 is 2.55 bits per heavy atom. The second-order valence-electron chi connectivity index (χ2n) is 6.18. The molecule has 0 radical (unpaired) electrons. The number of halogens is 1. The summed E-state index contributed by atoms with van der Waals surface area (Å²) in [6, 6.07) is 4.88. The number of fused-ring (bicyclic) bond motifs is 2. The van der Waals surface area contributed by atoms with E-state index in [4.69, 9.17) is 4.74 Å². The molecule has 1 aromatic carbocycles. The molecule has 0 aromatic heterocycles. The number of nitrogens with zero attached hydrogens (tertiary/aromatic N) is 1. The summed E-state index contributed by atoms with van der Waals surface area (Å²) in [5.41, 5.74) is -0.0593. The van der Waals surface area contributed by atoms with Crippen LogP contribution in [0.2, 0.25) is 0 Å². The van der Waals surface area contributed by atoms with E-state index in [0.717, 1.165) is 25.9 Å². The molecule has 1 N–H and O–H groups in total. The maximum Gasteiger partial charge on any atom is 0.170 e. The van der Waals surface area contributed by atoms with Gasteiger partial charge < -0.3 is 14.7 Å². The van der Waals surface area contributed by atoms with E-state index in [9.17, 15) is 9.50 Å². The van der Waals surface area contributed by atoms with E-state index >= 15 is 0 Å². The Balaban J connectivity index is 2.13. The molecule has 3 nitrogen and oxygen atoms in total. The monoisotopic (exact) mass is 279 g/mol. The minimum absolute atomic E-state index is 0.279. The fourth-order valence-corrected chi connectivity index (χ4v) is 4.36. The van der Waals surface area contributed by atoms with E-state index in [1.165, 1.54) is 12.5 Å². The number of methoxy groups -OCH3 is 1. The van der Waals surface area contributed by atoms with Crippen LogP contribution in [0.15, 0.2) is 18.2 Å². The highest BCUT2D eigenvalue weighted by Gasteiger charge is 2.53. The van der Waals surface area contributed by atoms with Gasteiger partial charge in [-0.3, -0.25) is 0 Å². The first-order valence-corrected chi connectivity index (χ1v) is 7.31. The van der Waals surface area contributed by atoms with Crippen molar-refractivity contribution in [3.05, 3.63) is 29.6 Å². The van der Waals surface area contributed by atoms with Gasteiger partial charge in [0.2, 0.25) is 0 Å². The molecule has 110 valence electrons. The highest BCUT2D eigenvalue weighted by atomic mass is 19.1. The van der Waals surface area contributed by atoms with E-state index in [2.05, 4.69) is 11.9 Å².